The number of anilines is 3. The molecular weight excluding hydrogens is 226 g/mol. The van der Waals surface area contributed by atoms with Crippen LogP contribution >= 0.6 is 0 Å². The molecule has 0 spiro atoms. The van der Waals surface area contributed by atoms with Crippen molar-refractivity contribution >= 4 is 17.3 Å². The number of nitrogens with zero attached hydrogens (tertiary/aromatic N) is 3. The predicted octanol–water partition coefficient (Wildman–Crippen LogP) is 1.67. The molecule has 18 heavy (non-hydrogen) atoms. The fraction of sp³-hybridized carbons (Fsp3) is 0.231. The third-order valence-corrected chi connectivity index (χ3v) is 2.77. The third kappa shape index (κ3) is 2.68. The molecule has 0 bridgehead atoms. The van der Waals surface area contributed by atoms with Crippen LogP contribution in [0.3, 0.4) is 0 Å². The summed E-state index contributed by atoms with van der Waals surface area (Å²) in [6.07, 6.45) is 3.57. The summed E-state index contributed by atoms with van der Waals surface area (Å²) in [5, 5.41) is 0. The van der Waals surface area contributed by atoms with E-state index in [0.29, 0.717) is 11.5 Å². The van der Waals surface area contributed by atoms with Gasteiger partial charge in [-0.05, 0) is 36.8 Å². The number of aromatic nitrogens is 2. The maximum absolute atomic E-state index is 5.73. The molecule has 0 radical (unpaired) electrons. The molecule has 2 aromatic heterocycles. The van der Waals surface area contributed by atoms with Gasteiger partial charge in [-0.2, -0.15) is 0 Å². The van der Waals surface area contributed by atoms with E-state index in [4.69, 9.17) is 11.5 Å². The Bertz CT molecular complexity index is 512. The lowest BCUT2D eigenvalue weighted by atomic mass is 10.2. The van der Waals surface area contributed by atoms with Crippen molar-refractivity contribution in [3.63, 3.8) is 0 Å². The second kappa shape index (κ2) is 5.35. The van der Waals surface area contributed by atoms with Gasteiger partial charge in [0.15, 0.2) is 0 Å². The smallest absolute Gasteiger partial charge is 0.149 e. The van der Waals surface area contributed by atoms with E-state index < -0.39 is 0 Å². The van der Waals surface area contributed by atoms with Crippen LogP contribution in [0.2, 0.25) is 0 Å². The highest BCUT2D eigenvalue weighted by Crippen LogP contribution is 2.19. The van der Waals surface area contributed by atoms with Crippen molar-refractivity contribution in [1.82, 2.24) is 9.97 Å². The zero-order valence-electron chi connectivity index (χ0n) is 10.4. The van der Waals surface area contributed by atoms with Crippen LogP contribution in [0.1, 0.15) is 12.5 Å². The quantitative estimate of drug-likeness (QED) is 0.853. The first-order chi connectivity index (χ1) is 8.70. The van der Waals surface area contributed by atoms with Gasteiger partial charge in [0, 0.05) is 25.5 Å². The van der Waals surface area contributed by atoms with Crippen LogP contribution in [-0.4, -0.2) is 16.5 Å². The first kappa shape index (κ1) is 12.2. The molecular formula is C13H17N5. The van der Waals surface area contributed by atoms with Gasteiger partial charge in [0.05, 0.1) is 5.69 Å². The second-order valence-electron chi connectivity index (χ2n) is 4.01. The van der Waals surface area contributed by atoms with Crippen LogP contribution in [-0.2, 0) is 6.54 Å². The average molecular weight is 243 g/mol. The Morgan fingerprint density at radius 1 is 1.11 bits per heavy atom. The van der Waals surface area contributed by atoms with Crippen molar-refractivity contribution < 1.29 is 0 Å². The molecule has 0 aliphatic heterocycles. The zero-order valence-corrected chi connectivity index (χ0v) is 10.4. The van der Waals surface area contributed by atoms with E-state index in [1.54, 1.807) is 18.5 Å². The van der Waals surface area contributed by atoms with Crippen LogP contribution in [0.4, 0.5) is 17.3 Å². The summed E-state index contributed by atoms with van der Waals surface area (Å²) >= 11 is 0. The second-order valence-corrected chi connectivity index (χ2v) is 4.01. The summed E-state index contributed by atoms with van der Waals surface area (Å²) in [6, 6.07) is 7.65. The highest BCUT2D eigenvalue weighted by molar-refractivity contribution is 5.62. The monoisotopic (exact) mass is 243 g/mol. The van der Waals surface area contributed by atoms with Crippen molar-refractivity contribution in [3.05, 3.63) is 42.2 Å². The molecule has 0 aromatic carbocycles. The Hall–Kier alpha value is -2.30. The Kier molecular flexibility index (Phi) is 3.62. The molecule has 0 atom stereocenters. The summed E-state index contributed by atoms with van der Waals surface area (Å²) in [6.45, 7) is 3.70. The summed E-state index contributed by atoms with van der Waals surface area (Å²) < 4.78 is 0. The normalized spacial score (nSPS) is 10.3. The van der Waals surface area contributed by atoms with Gasteiger partial charge in [0.1, 0.15) is 11.6 Å². The number of nitrogens with two attached hydrogens (primary N) is 2. The maximum Gasteiger partial charge on any atom is 0.149 e. The SMILES string of the molecule is CCN(Cc1ccncc1)c1ccc(N)c(N)n1. The molecule has 5 nitrogen and oxygen atoms in total. The Morgan fingerprint density at radius 3 is 2.44 bits per heavy atom. The first-order valence-electron chi connectivity index (χ1n) is 5.86. The minimum Gasteiger partial charge on any atom is -0.396 e. The Labute approximate surface area is 106 Å². The molecule has 2 heterocycles. The molecule has 0 unspecified atom stereocenters. The molecule has 0 amide bonds. The lowest BCUT2D eigenvalue weighted by Gasteiger charge is -2.22. The molecule has 0 aliphatic rings. The van der Waals surface area contributed by atoms with Crippen molar-refractivity contribution in [1.29, 1.82) is 0 Å². The van der Waals surface area contributed by atoms with Crippen molar-refractivity contribution in [2.45, 2.75) is 13.5 Å². The summed E-state index contributed by atoms with van der Waals surface area (Å²) in [5.74, 6) is 1.21. The molecule has 5 heteroatoms. The van der Waals surface area contributed by atoms with Gasteiger partial charge in [-0.25, -0.2) is 4.98 Å². The number of nitrogen functional groups attached to an aromatic ring is 2. The fourth-order valence-electron chi connectivity index (χ4n) is 1.71. The molecule has 94 valence electrons. The first-order valence-corrected chi connectivity index (χ1v) is 5.86. The van der Waals surface area contributed by atoms with E-state index in [-0.39, 0.29) is 0 Å². The van der Waals surface area contributed by atoms with E-state index in [1.807, 2.05) is 18.2 Å². The van der Waals surface area contributed by atoms with Crippen LogP contribution in [0.25, 0.3) is 0 Å². The van der Waals surface area contributed by atoms with Crippen LogP contribution in [0, 0.1) is 0 Å². The predicted molar refractivity (Wildman–Crippen MR) is 74.0 cm³/mol. The van der Waals surface area contributed by atoms with Gasteiger partial charge >= 0.3 is 0 Å². The topological polar surface area (TPSA) is 81.1 Å². The lowest BCUT2D eigenvalue weighted by Crippen LogP contribution is -2.23. The van der Waals surface area contributed by atoms with E-state index in [1.165, 1.54) is 5.56 Å². The van der Waals surface area contributed by atoms with Crippen molar-refractivity contribution in [2.75, 3.05) is 22.9 Å². The summed E-state index contributed by atoms with van der Waals surface area (Å²) in [5.41, 5.74) is 13.1. The number of pyridine rings is 2. The molecule has 4 N–H and O–H groups in total. The van der Waals surface area contributed by atoms with Gasteiger partial charge in [-0.15, -0.1) is 0 Å². The van der Waals surface area contributed by atoms with Crippen molar-refractivity contribution in [3.8, 4) is 0 Å². The number of hydrogen-bond donors (Lipinski definition) is 2. The van der Waals surface area contributed by atoms with E-state index in [9.17, 15) is 0 Å². The molecule has 0 aliphatic carbocycles. The van der Waals surface area contributed by atoms with Crippen LogP contribution < -0.4 is 16.4 Å². The number of hydrogen-bond acceptors (Lipinski definition) is 5. The highest BCUT2D eigenvalue weighted by atomic mass is 15.2. The van der Waals surface area contributed by atoms with Crippen molar-refractivity contribution in [2.24, 2.45) is 0 Å². The average Bonchev–Trinajstić information content (AvgIpc) is 2.40. The largest absolute Gasteiger partial charge is 0.396 e. The standard InChI is InChI=1S/C13H17N5/c1-2-18(9-10-5-7-16-8-6-10)12-4-3-11(14)13(15)17-12/h3-8H,2,9,14H2,1H3,(H2,15,17). The van der Waals surface area contributed by atoms with E-state index in [2.05, 4.69) is 21.8 Å². The molecule has 0 saturated heterocycles. The van der Waals surface area contributed by atoms with Gasteiger partial charge < -0.3 is 16.4 Å². The van der Waals surface area contributed by atoms with Gasteiger partial charge in [0.2, 0.25) is 0 Å². The minimum atomic E-state index is 0.376. The van der Waals surface area contributed by atoms with E-state index in [0.717, 1.165) is 18.9 Å². The number of rotatable bonds is 4. The Balaban J connectivity index is 2.20. The van der Waals surface area contributed by atoms with Gasteiger partial charge in [-0.1, -0.05) is 0 Å². The highest BCUT2D eigenvalue weighted by Gasteiger charge is 2.08. The van der Waals surface area contributed by atoms with Gasteiger partial charge in [-0.3, -0.25) is 4.98 Å². The third-order valence-electron chi connectivity index (χ3n) is 2.77. The molecule has 2 rings (SSSR count). The fourth-order valence-corrected chi connectivity index (χ4v) is 1.71. The molecule has 2 aromatic rings. The van der Waals surface area contributed by atoms with Crippen LogP contribution in [0.5, 0.6) is 0 Å². The summed E-state index contributed by atoms with van der Waals surface area (Å²) in [4.78, 5) is 10.4. The minimum absolute atomic E-state index is 0.376. The summed E-state index contributed by atoms with van der Waals surface area (Å²) in [7, 11) is 0. The molecule has 0 fully saturated rings. The van der Waals surface area contributed by atoms with Crippen LogP contribution in [0.15, 0.2) is 36.7 Å². The Morgan fingerprint density at radius 2 is 1.83 bits per heavy atom. The van der Waals surface area contributed by atoms with E-state index >= 15 is 0 Å². The molecule has 0 saturated carbocycles. The maximum atomic E-state index is 5.73. The zero-order chi connectivity index (χ0) is 13.0. The van der Waals surface area contributed by atoms with Gasteiger partial charge in [0.25, 0.3) is 0 Å². The lowest BCUT2D eigenvalue weighted by molar-refractivity contribution is 0.814.